The topological polar surface area (TPSA) is 94.8 Å². The van der Waals surface area contributed by atoms with E-state index in [1.165, 1.54) is 0 Å². The summed E-state index contributed by atoms with van der Waals surface area (Å²) in [5, 5.41) is 24.8. The van der Waals surface area contributed by atoms with Gasteiger partial charge in [0, 0.05) is 2.74 Å². The van der Waals surface area contributed by atoms with Gasteiger partial charge in [0.1, 0.15) is 0 Å². The second-order valence-corrected chi connectivity index (χ2v) is 1.08. The molecule has 0 aliphatic rings. The Morgan fingerprint density at radius 3 is 2.22 bits per heavy atom. The van der Waals surface area contributed by atoms with E-state index in [-0.39, 0.29) is 0 Å². The van der Waals surface area contributed by atoms with Crippen molar-refractivity contribution < 1.29 is 29.0 Å². The maximum Gasteiger partial charge on any atom is 0.333 e. The van der Waals surface area contributed by atoms with Crippen LogP contribution >= 0.6 is 0 Å². The molecule has 1 atom stereocenters. The summed E-state index contributed by atoms with van der Waals surface area (Å²) < 4.78 is 19.6. The van der Waals surface area contributed by atoms with Gasteiger partial charge in [-0.1, -0.05) is 0 Å². The molecule has 0 rings (SSSR count). The fourth-order valence-corrected chi connectivity index (χ4v) is 0.155. The third kappa shape index (κ3) is 3.48. The van der Waals surface area contributed by atoms with Crippen LogP contribution in [0, 0.1) is 0 Å². The second kappa shape index (κ2) is 3.03. The first-order chi connectivity index (χ1) is 5.14. The smallest absolute Gasteiger partial charge is 0.333 e. The molecule has 0 amide bonds. The Morgan fingerprint density at radius 2 is 2.11 bits per heavy atom. The minimum absolute atomic E-state index is 2.21. The van der Waals surface area contributed by atoms with Crippen LogP contribution in [0.1, 0.15) is 10.5 Å². The minimum atomic E-state index is -3.68. The molecule has 1 unspecified atom stereocenters. The first-order valence-electron chi connectivity index (χ1n) is 3.33. The Balaban J connectivity index is 5.01. The largest absolute Gasteiger partial charge is 0.481 e. The van der Waals surface area contributed by atoms with Crippen LogP contribution in [0.15, 0.2) is 0 Å². The van der Waals surface area contributed by atoms with Crippen LogP contribution in [0.25, 0.3) is 0 Å². The van der Waals surface area contributed by atoms with Crippen molar-refractivity contribution in [1.29, 1.82) is 0 Å². The molecule has 0 heterocycles. The fourth-order valence-electron chi connectivity index (χ4n) is 0.155. The zero-order valence-electron chi connectivity index (χ0n) is 7.16. The number of aliphatic hydroxyl groups is 1. The van der Waals surface area contributed by atoms with Crippen molar-refractivity contribution in [3.8, 4) is 0 Å². The van der Waals surface area contributed by atoms with Gasteiger partial charge >= 0.3 is 11.9 Å². The SMILES string of the molecule is [2H]C([2H])(C(=O)O)C([2H])(O)C(=O)O. The predicted octanol–water partition coefficient (Wildman–Crippen LogP) is -1.09. The van der Waals surface area contributed by atoms with E-state index in [1.54, 1.807) is 0 Å². The molecule has 0 aliphatic heterocycles. The summed E-state index contributed by atoms with van der Waals surface area (Å²) >= 11 is 0. The Labute approximate surface area is 54.8 Å². The van der Waals surface area contributed by atoms with Crippen molar-refractivity contribution in [2.75, 3.05) is 0 Å². The van der Waals surface area contributed by atoms with Gasteiger partial charge in [-0.05, 0) is 0 Å². The van der Waals surface area contributed by atoms with Crippen molar-refractivity contribution in [3.63, 3.8) is 0 Å². The molecule has 5 nitrogen and oxygen atoms in total. The van der Waals surface area contributed by atoms with E-state index in [2.05, 4.69) is 0 Å². The number of carbonyl (C=O) groups is 2. The Kier molecular flexibility index (Phi) is 1.29. The second-order valence-electron chi connectivity index (χ2n) is 1.08. The van der Waals surface area contributed by atoms with Gasteiger partial charge in [0.2, 0.25) is 0 Å². The molecule has 0 fully saturated rings. The Bertz CT molecular complexity index is 199. The van der Waals surface area contributed by atoms with Gasteiger partial charge in [0.05, 0.1) is 7.74 Å². The summed E-state index contributed by atoms with van der Waals surface area (Å²) in [5.41, 5.74) is 0. The van der Waals surface area contributed by atoms with Crippen LogP contribution in [0.2, 0.25) is 0 Å². The molecule has 0 aromatic heterocycles. The molecule has 0 saturated heterocycles. The van der Waals surface area contributed by atoms with Crippen LogP contribution < -0.4 is 0 Å². The Morgan fingerprint density at radius 1 is 1.67 bits per heavy atom. The van der Waals surface area contributed by atoms with Crippen molar-refractivity contribution in [2.45, 2.75) is 12.5 Å². The van der Waals surface area contributed by atoms with Gasteiger partial charge < -0.3 is 15.3 Å². The molecular formula is C4H6O5. The average molecular weight is 137 g/mol. The van der Waals surface area contributed by atoms with Crippen molar-refractivity contribution >= 4 is 11.9 Å². The number of carboxylic acids is 2. The molecule has 0 saturated carbocycles. The summed E-state index contributed by atoms with van der Waals surface area (Å²) in [6.45, 7) is 0. The number of hydrogen-bond donors (Lipinski definition) is 3. The predicted molar refractivity (Wildman–Crippen MR) is 25.9 cm³/mol. The van der Waals surface area contributed by atoms with Crippen LogP contribution in [0.4, 0.5) is 0 Å². The highest BCUT2D eigenvalue weighted by molar-refractivity contribution is 5.79. The number of hydrogen-bond acceptors (Lipinski definition) is 3. The lowest BCUT2D eigenvalue weighted by Crippen LogP contribution is -2.22. The highest BCUT2D eigenvalue weighted by atomic mass is 16.4. The maximum absolute atomic E-state index is 10.1. The van der Waals surface area contributed by atoms with Gasteiger partial charge in [0.15, 0.2) is 6.08 Å². The molecule has 0 spiro atoms. The molecule has 5 heteroatoms. The summed E-state index contributed by atoms with van der Waals surface area (Å²) in [6.07, 6.45) is -7.22. The zero-order chi connectivity index (χ0) is 10.2. The average Bonchev–Trinajstić information content (AvgIpc) is 1.86. The van der Waals surface area contributed by atoms with Crippen molar-refractivity contribution in [2.24, 2.45) is 0 Å². The zero-order valence-corrected chi connectivity index (χ0v) is 4.16. The molecule has 3 N–H and O–H groups in total. The lowest BCUT2D eigenvalue weighted by Gasteiger charge is -1.97. The number of aliphatic carboxylic acids is 2. The quantitative estimate of drug-likeness (QED) is 0.459. The molecular weight excluding hydrogens is 128 g/mol. The van der Waals surface area contributed by atoms with Gasteiger partial charge in [-0.25, -0.2) is 4.79 Å². The van der Waals surface area contributed by atoms with Crippen LogP contribution in [-0.2, 0) is 9.59 Å². The van der Waals surface area contributed by atoms with E-state index in [0.717, 1.165) is 0 Å². The monoisotopic (exact) mass is 137 g/mol. The molecule has 0 aromatic rings. The van der Waals surface area contributed by atoms with E-state index in [4.69, 9.17) is 19.4 Å². The van der Waals surface area contributed by atoms with Gasteiger partial charge in [0.25, 0.3) is 0 Å². The molecule has 0 aromatic carbocycles. The van der Waals surface area contributed by atoms with Crippen LogP contribution in [0.3, 0.4) is 0 Å². The lowest BCUT2D eigenvalue weighted by atomic mass is 10.3. The molecule has 52 valence electrons. The van der Waals surface area contributed by atoms with E-state index in [0.29, 0.717) is 0 Å². The first kappa shape index (κ1) is 3.84. The van der Waals surface area contributed by atoms with E-state index in [1.807, 2.05) is 0 Å². The molecule has 9 heavy (non-hydrogen) atoms. The summed E-state index contributed by atoms with van der Waals surface area (Å²) in [4.78, 5) is 20.1. The van der Waals surface area contributed by atoms with E-state index < -0.39 is 24.4 Å². The maximum atomic E-state index is 10.1. The lowest BCUT2D eigenvalue weighted by molar-refractivity contribution is -0.152. The van der Waals surface area contributed by atoms with Crippen molar-refractivity contribution in [1.82, 2.24) is 0 Å². The van der Waals surface area contributed by atoms with E-state index in [9.17, 15) is 9.59 Å². The van der Waals surface area contributed by atoms with E-state index >= 15 is 0 Å². The van der Waals surface area contributed by atoms with Crippen molar-refractivity contribution in [3.05, 3.63) is 0 Å². The summed E-state index contributed by atoms with van der Waals surface area (Å²) in [7, 11) is 0. The third-order valence-corrected chi connectivity index (χ3v) is 0.428. The van der Waals surface area contributed by atoms with Gasteiger partial charge in [-0.2, -0.15) is 0 Å². The van der Waals surface area contributed by atoms with Crippen LogP contribution in [-0.4, -0.2) is 33.3 Å². The highest BCUT2D eigenvalue weighted by Gasteiger charge is 2.16. The molecule has 0 radical (unpaired) electrons. The number of rotatable bonds is 3. The van der Waals surface area contributed by atoms with Crippen LogP contribution in [0.5, 0.6) is 0 Å². The van der Waals surface area contributed by atoms with Gasteiger partial charge in [-0.3, -0.25) is 4.79 Å². The fraction of sp³-hybridized carbons (Fsp3) is 0.500. The third-order valence-electron chi connectivity index (χ3n) is 0.428. The summed E-state index contributed by atoms with van der Waals surface area (Å²) in [6, 6.07) is 0. The number of carboxylic acid groups (broad SMARTS) is 2. The van der Waals surface area contributed by atoms with Gasteiger partial charge in [-0.15, -0.1) is 0 Å². The minimum Gasteiger partial charge on any atom is -0.481 e. The highest BCUT2D eigenvalue weighted by Crippen LogP contribution is 1.89. The first-order valence-corrected chi connectivity index (χ1v) is 1.83. The standard InChI is InChI=1S/C4H6O5/c5-2(4(8)9)1-3(6)7/h2,5H,1H2,(H,6,7)(H,8,9)/i1D2,2D. The normalized spacial score (nSPS) is 22.6. The molecule has 0 aliphatic carbocycles. The molecule has 0 bridgehead atoms. The Hall–Kier alpha value is -1.10. The summed E-state index contributed by atoms with van der Waals surface area (Å²) in [5.74, 6) is -4.46.